The number of carbonyl (C=O) groups is 1. The third kappa shape index (κ3) is 8.82. The SMILES string of the molecule is NC(=O)CS.[GaH3]. The number of hydrogen-bond acceptors (Lipinski definition) is 2. The quantitative estimate of drug-likeness (QED) is 0.349. The van der Waals surface area contributed by atoms with Gasteiger partial charge in [-0.25, -0.2) is 0 Å². The molecule has 0 aromatic rings. The Morgan fingerprint density at radius 2 is 2.00 bits per heavy atom. The summed E-state index contributed by atoms with van der Waals surface area (Å²) in [7, 11) is 0. The molecule has 0 aliphatic heterocycles. The number of carbonyl (C=O) groups excluding carboxylic acids is 1. The molecule has 0 saturated carbocycles. The minimum absolute atomic E-state index is 0. The van der Waals surface area contributed by atoms with Crippen molar-refractivity contribution in [2.45, 2.75) is 0 Å². The van der Waals surface area contributed by atoms with E-state index in [0.29, 0.717) is 0 Å². The first-order chi connectivity index (χ1) is 2.27. The minimum atomic E-state index is -0.381. The number of amides is 1. The van der Waals surface area contributed by atoms with E-state index in [1.165, 1.54) is 0 Å². The summed E-state index contributed by atoms with van der Waals surface area (Å²) in [5.74, 6) is -0.242. The Labute approximate surface area is 54.9 Å². The Kier molecular flexibility index (Phi) is 8.80. The summed E-state index contributed by atoms with van der Waals surface area (Å²) >= 11 is 3.54. The second-order valence-corrected chi connectivity index (χ2v) is 0.941. The van der Waals surface area contributed by atoms with Crippen molar-refractivity contribution in [2.24, 2.45) is 5.73 Å². The second-order valence-electron chi connectivity index (χ2n) is 0.624. The average molecular weight is 164 g/mol. The molecule has 1 amide bonds. The van der Waals surface area contributed by atoms with Gasteiger partial charge >= 0.3 is 19.8 Å². The molecule has 0 rings (SSSR count). The zero-order valence-electron chi connectivity index (χ0n) is 2.64. The van der Waals surface area contributed by atoms with Gasteiger partial charge in [-0.05, 0) is 0 Å². The molecule has 0 atom stereocenters. The Bertz CT molecular complexity index is 48.8. The molecule has 0 bridgehead atoms. The Morgan fingerprint density at radius 1 is 1.83 bits per heavy atom. The van der Waals surface area contributed by atoms with Crippen LogP contribution < -0.4 is 5.73 Å². The molecule has 0 fully saturated rings. The van der Waals surface area contributed by atoms with Crippen LogP contribution in [0.4, 0.5) is 0 Å². The van der Waals surface area contributed by atoms with Gasteiger partial charge in [0, 0.05) is 0 Å². The van der Waals surface area contributed by atoms with Crippen molar-refractivity contribution < 1.29 is 4.79 Å². The molecular weight excluding hydrogens is 156 g/mol. The van der Waals surface area contributed by atoms with Gasteiger partial charge in [0.15, 0.2) is 0 Å². The number of hydrogen-bond donors (Lipinski definition) is 2. The van der Waals surface area contributed by atoms with E-state index >= 15 is 0 Å². The summed E-state index contributed by atoms with van der Waals surface area (Å²) in [5, 5.41) is 0. The molecule has 4 heteroatoms. The summed E-state index contributed by atoms with van der Waals surface area (Å²) in [4.78, 5) is 9.51. The average Bonchev–Trinajstić information content (AvgIpc) is 1.38. The summed E-state index contributed by atoms with van der Waals surface area (Å²) in [6.45, 7) is 0. The van der Waals surface area contributed by atoms with Gasteiger partial charge in [0.05, 0.1) is 5.75 Å². The van der Waals surface area contributed by atoms with E-state index in [4.69, 9.17) is 0 Å². The zero-order chi connectivity index (χ0) is 4.28. The third-order valence-electron chi connectivity index (χ3n) is 0.156. The zero-order valence-corrected chi connectivity index (χ0v) is 3.53. The molecule has 0 aromatic carbocycles. The van der Waals surface area contributed by atoms with Crippen LogP contribution in [0.3, 0.4) is 0 Å². The molecule has 0 radical (unpaired) electrons. The second kappa shape index (κ2) is 5.46. The van der Waals surface area contributed by atoms with Crippen LogP contribution in [0.15, 0.2) is 0 Å². The van der Waals surface area contributed by atoms with Gasteiger partial charge in [-0.3, -0.25) is 4.79 Å². The van der Waals surface area contributed by atoms with E-state index in [0.717, 1.165) is 0 Å². The van der Waals surface area contributed by atoms with Gasteiger partial charge in [0.25, 0.3) is 0 Å². The van der Waals surface area contributed by atoms with E-state index < -0.39 is 0 Å². The first-order valence-corrected chi connectivity index (χ1v) is 1.80. The number of thiol groups is 1. The monoisotopic (exact) mass is 163 g/mol. The third-order valence-corrected chi connectivity index (χ3v) is 0.468. The predicted octanol–water partition coefficient (Wildman–Crippen LogP) is -1.78. The van der Waals surface area contributed by atoms with Crippen molar-refractivity contribution >= 4 is 38.3 Å². The van der Waals surface area contributed by atoms with Crippen LogP contribution in [0.1, 0.15) is 0 Å². The molecule has 0 heterocycles. The molecular formula is C2H8GaNOS. The van der Waals surface area contributed by atoms with Crippen LogP contribution in [0.5, 0.6) is 0 Å². The molecule has 0 saturated heterocycles. The Hall–Kier alpha value is 0.456. The summed E-state index contributed by atoms with van der Waals surface area (Å²) in [6, 6.07) is 0. The van der Waals surface area contributed by atoms with Gasteiger partial charge in [-0.15, -0.1) is 0 Å². The van der Waals surface area contributed by atoms with Crippen LogP contribution in [0.2, 0.25) is 0 Å². The van der Waals surface area contributed by atoms with Gasteiger partial charge in [0.2, 0.25) is 5.91 Å². The van der Waals surface area contributed by atoms with E-state index in [-0.39, 0.29) is 31.5 Å². The maximum atomic E-state index is 9.51. The molecule has 0 spiro atoms. The molecule has 0 aromatic heterocycles. The summed E-state index contributed by atoms with van der Waals surface area (Å²) in [5.41, 5.74) is 4.58. The van der Waals surface area contributed by atoms with Gasteiger partial charge in [0.1, 0.15) is 0 Å². The molecule has 0 unspecified atom stereocenters. The van der Waals surface area contributed by atoms with Crippen molar-refractivity contribution in [1.82, 2.24) is 0 Å². The first kappa shape index (κ1) is 9.68. The van der Waals surface area contributed by atoms with Gasteiger partial charge in [-0.2, -0.15) is 12.6 Å². The molecule has 2 nitrogen and oxygen atoms in total. The molecule has 2 N–H and O–H groups in total. The first-order valence-electron chi connectivity index (χ1n) is 1.16. The van der Waals surface area contributed by atoms with Crippen molar-refractivity contribution in [1.29, 1.82) is 0 Å². The molecule has 36 valence electrons. The van der Waals surface area contributed by atoms with Crippen LogP contribution in [0.25, 0.3) is 0 Å². The molecule has 0 aliphatic rings. The number of primary amides is 1. The van der Waals surface area contributed by atoms with Crippen LogP contribution in [0, 0.1) is 0 Å². The number of rotatable bonds is 1. The Balaban J connectivity index is 0. The van der Waals surface area contributed by atoms with E-state index in [1.807, 2.05) is 0 Å². The van der Waals surface area contributed by atoms with Crippen molar-refractivity contribution in [2.75, 3.05) is 5.75 Å². The topological polar surface area (TPSA) is 43.1 Å². The van der Waals surface area contributed by atoms with E-state index in [1.54, 1.807) is 0 Å². The predicted molar refractivity (Wildman–Crippen MR) is 33.0 cm³/mol. The fraction of sp³-hybridized carbons (Fsp3) is 0.500. The van der Waals surface area contributed by atoms with Gasteiger partial charge in [-0.1, -0.05) is 0 Å². The fourth-order valence-electron chi connectivity index (χ4n) is 0. The number of nitrogens with two attached hydrogens (primary N) is 1. The standard InChI is InChI=1S/C2H5NOS.Ga.3H/c3-2(4)1-5;;;;/h5H,1H2,(H2,3,4);;;;. The summed E-state index contributed by atoms with van der Waals surface area (Å²) < 4.78 is 0. The molecule has 0 aliphatic carbocycles. The fourth-order valence-corrected chi connectivity index (χ4v) is 0. The summed E-state index contributed by atoms with van der Waals surface area (Å²) in [6.07, 6.45) is 0. The van der Waals surface area contributed by atoms with E-state index in [9.17, 15) is 4.79 Å². The van der Waals surface area contributed by atoms with Crippen molar-refractivity contribution in [3.63, 3.8) is 0 Å². The van der Waals surface area contributed by atoms with Crippen molar-refractivity contribution in [3.05, 3.63) is 0 Å². The van der Waals surface area contributed by atoms with Crippen LogP contribution >= 0.6 is 12.6 Å². The van der Waals surface area contributed by atoms with Gasteiger partial charge < -0.3 is 5.73 Å². The Morgan fingerprint density at radius 3 is 2.00 bits per heavy atom. The molecule has 6 heavy (non-hydrogen) atoms. The van der Waals surface area contributed by atoms with Crippen molar-refractivity contribution in [3.8, 4) is 0 Å². The van der Waals surface area contributed by atoms with E-state index in [2.05, 4.69) is 18.4 Å². The van der Waals surface area contributed by atoms with Crippen LogP contribution in [-0.4, -0.2) is 31.5 Å². The van der Waals surface area contributed by atoms with Crippen LogP contribution in [-0.2, 0) is 4.79 Å². The maximum absolute atomic E-state index is 9.51. The normalized spacial score (nSPS) is 6.17.